The summed E-state index contributed by atoms with van der Waals surface area (Å²) in [6.45, 7) is 3.15. The van der Waals surface area contributed by atoms with Gasteiger partial charge in [-0.3, -0.25) is 9.69 Å². The second-order valence-corrected chi connectivity index (χ2v) is 6.96. The molecule has 1 saturated heterocycles. The molecule has 2 atom stereocenters. The van der Waals surface area contributed by atoms with E-state index >= 15 is 0 Å². The van der Waals surface area contributed by atoms with Crippen LogP contribution in [0.25, 0.3) is 0 Å². The molecular weight excluding hydrogens is 366 g/mol. The number of likely N-dealkylation sites (tertiary alicyclic amines) is 1. The maximum Gasteiger partial charge on any atom is 0.320 e. The highest BCUT2D eigenvalue weighted by Crippen LogP contribution is 2.40. The molecule has 0 bridgehead atoms. The Morgan fingerprint density at radius 2 is 2.04 bits per heavy atom. The maximum atomic E-state index is 11.8. The van der Waals surface area contributed by atoms with Crippen LogP contribution < -0.4 is 9.47 Å². The van der Waals surface area contributed by atoms with Gasteiger partial charge in [-0.2, -0.15) is 0 Å². The number of halogens is 1. The fraction of sp³-hybridized carbons (Fsp3) is 0.381. The van der Waals surface area contributed by atoms with Gasteiger partial charge in [0.25, 0.3) is 0 Å². The Labute approximate surface area is 164 Å². The first-order chi connectivity index (χ1) is 13.0. The monoisotopic (exact) mass is 389 g/mol. The van der Waals surface area contributed by atoms with Crippen LogP contribution in [0.1, 0.15) is 36.9 Å². The number of benzene rings is 2. The van der Waals surface area contributed by atoms with Crippen molar-refractivity contribution >= 4 is 17.6 Å². The van der Waals surface area contributed by atoms with Crippen molar-refractivity contribution in [2.45, 2.75) is 31.8 Å². The fourth-order valence-electron chi connectivity index (χ4n) is 3.72. The minimum Gasteiger partial charge on any atom is -0.497 e. The average Bonchev–Trinajstić information content (AvgIpc) is 3.14. The van der Waals surface area contributed by atoms with E-state index in [-0.39, 0.29) is 6.04 Å². The van der Waals surface area contributed by atoms with Gasteiger partial charge in [-0.25, -0.2) is 0 Å². The summed E-state index contributed by atoms with van der Waals surface area (Å²) >= 11 is 6.29. The lowest BCUT2D eigenvalue weighted by Crippen LogP contribution is -2.39. The van der Waals surface area contributed by atoms with E-state index in [1.54, 1.807) is 13.2 Å². The summed E-state index contributed by atoms with van der Waals surface area (Å²) in [5.41, 5.74) is 1.86. The number of aliphatic carboxylic acids is 1. The minimum atomic E-state index is -0.800. The zero-order valence-corrected chi connectivity index (χ0v) is 16.3. The molecule has 0 spiro atoms. The minimum absolute atomic E-state index is 0.264. The summed E-state index contributed by atoms with van der Waals surface area (Å²) in [4.78, 5) is 13.9. The number of carbonyl (C=O) groups is 1. The summed E-state index contributed by atoms with van der Waals surface area (Å²) in [5.74, 6) is 0.676. The lowest BCUT2D eigenvalue weighted by molar-refractivity contribution is -0.142. The molecule has 0 aliphatic carbocycles. The van der Waals surface area contributed by atoms with Crippen LogP contribution in [0.15, 0.2) is 42.5 Å². The number of nitrogens with zero attached hydrogens (tertiary/aromatic N) is 1. The van der Waals surface area contributed by atoms with E-state index in [2.05, 4.69) is 0 Å². The van der Waals surface area contributed by atoms with Gasteiger partial charge >= 0.3 is 5.97 Å². The Kier molecular flexibility index (Phi) is 6.24. The SMILES string of the molecule is CCOc1ccc(Cl)cc1C(c1ccc(OC)cc1)N1CCCC1C(=O)O. The van der Waals surface area contributed by atoms with Crippen molar-refractivity contribution in [1.29, 1.82) is 0 Å². The van der Waals surface area contributed by atoms with E-state index in [0.717, 1.165) is 29.0 Å². The Bertz CT molecular complexity index is 793. The molecule has 1 aliphatic rings. The third-order valence-electron chi connectivity index (χ3n) is 4.91. The first-order valence-electron chi connectivity index (χ1n) is 9.10. The van der Waals surface area contributed by atoms with Gasteiger partial charge in [0, 0.05) is 17.1 Å². The number of rotatable bonds is 7. The van der Waals surface area contributed by atoms with Crippen LogP contribution in [0, 0.1) is 0 Å². The number of methoxy groups -OCH3 is 1. The van der Waals surface area contributed by atoms with Crippen molar-refractivity contribution in [2.75, 3.05) is 20.3 Å². The lowest BCUT2D eigenvalue weighted by atomic mass is 9.95. The first kappa shape index (κ1) is 19.5. The van der Waals surface area contributed by atoms with Gasteiger partial charge < -0.3 is 14.6 Å². The molecule has 2 aromatic carbocycles. The second-order valence-electron chi connectivity index (χ2n) is 6.52. The highest BCUT2D eigenvalue weighted by molar-refractivity contribution is 6.30. The molecule has 0 aromatic heterocycles. The summed E-state index contributed by atoms with van der Waals surface area (Å²) < 4.78 is 11.1. The number of hydrogen-bond acceptors (Lipinski definition) is 4. The number of carboxylic acid groups (broad SMARTS) is 1. The van der Waals surface area contributed by atoms with E-state index in [9.17, 15) is 9.90 Å². The van der Waals surface area contributed by atoms with E-state index in [1.807, 2.05) is 48.2 Å². The summed E-state index contributed by atoms with van der Waals surface area (Å²) in [6.07, 6.45) is 1.47. The molecule has 1 N–H and O–H groups in total. The molecule has 1 fully saturated rings. The van der Waals surface area contributed by atoms with Gasteiger partial charge in [0.2, 0.25) is 0 Å². The predicted molar refractivity (Wildman–Crippen MR) is 105 cm³/mol. The molecule has 0 radical (unpaired) electrons. The van der Waals surface area contributed by atoms with E-state index in [0.29, 0.717) is 24.6 Å². The third-order valence-corrected chi connectivity index (χ3v) is 5.14. The molecular formula is C21H24ClNO4. The average molecular weight is 390 g/mol. The molecule has 144 valence electrons. The zero-order valence-electron chi connectivity index (χ0n) is 15.5. The van der Waals surface area contributed by atoms with Crippen LogP contribution in [0.3, 0.4) is 0 Å². The Balaban J connectivity index is 2.12. The quantitative estimate of drug-likeness (QED) is 0.761. The molecule has 5 nitrogen and oxygen atoms in total. The van der Waals surface area contributed by atoms with Crippen molar-refractivity contribution in [1.82, 2.24) is 4.90 Å². The van der Waals surface area contributed by atoms with Gasteiger partial charge in [-0.15, -0.1) is 0 Å². The lowest BCUT2D eigenvalue weighted by Gasteiger charge is -2.33. The highest BCUT2D eigenvalue weighted by Gasteiger charge is 2.38. The molecule has 1 aliphatic heterocycles. The standard InChI is InChI=1S/C21H24ClNO4/c1-3-27-19-11-8-15(22)13-17(19)20(14-6-9-16(26-2)10-7-14)23-12-4-5-18(23)21(24)25/h6-11,13,18,20H,3-5,12H2,1-2H3,(H,24,25). The van der Waals surface area contributed by atoms with Crippen LogP contribution >= 0.6 is 11.6 Å². The van der Waals surface area contributed by atoms with Crippen LogP contribution in [-0.4, -0.2) is 42.3 Å². The molecule has 1 heterocycles. The normalized spacial score (nSPS) is 18.3. The summed E-state index contributed by atoms with van der Waals surface area (Å²) in [6, 6.07) is 12.4. The molecule has 0 saturated carbocycles. The topological polar surface area (TPSA) is 59.0 Å². The third kappa shape index (κ3) is 4.20. The van der Waals surface area contributed by atoms with E-state index < -0.39 is 12.0 Å². The molecule has 2 unspecified atom stereocenters. The van der Waals surface area contributed by atoms with Gasteiger partial charge in [-0.05, 0) is 55.7 Å². The number of carboxylic acids is 1. The number of hydrogen-bond donors (Lipinski definition) is 1. The van der Waals surface area contributed by atoms with Crippen molar-refractivity contribution in [3.8, 4) is 11.5 Å². The van der Waals surface area contributed by atoms with Crippen molar-refractivity contribution < 1.29 is 19.4 Å². The second kappa shape index (κ2) is 8.63. The summed E-state index contributed by atoms with van der Waals surface area (Å²) in [7, 11) is 1.62. The largest absolute Gasteiger partial charge is 0.497 e. The van der Waals surface area contributed by atoms with Crippen LogP contribution in [0.5, 0.6) is 11.5 Å². The molecule has 0 amide bonds. The van der Waals surface area contributed by atoms with E-state index in [1.165, 1.54) is 0 Å². The molecule has 27 heavy (non-hydrogen) atoms. The summed E-state index contributed by atoms with van der Waals surface area (Å²) in [5, 5.41) is 10.3. The molecule has 6 heteroatoms. The Hall–Kier alpha value is -2.24. The van der Waals surface area contributed by atoms with Crippen molar-refractivity contribution in [2.24, 2.45) is 0 Å². The Morgan fingerprint density at radius 3 is 2.67 bits per heavy atom. The maximum absolute atomic E-state index is 11.8. The van der Waals surface area contributed by atoms with Gasteiger partial charge in [-0.1, -0.05) is 23.7 Å². The van der Waals surface area contributed by atoms with Crippen molar-refractivity contribution in [3.63, 3.8) is 0 Å². The van der Waals surface area contributed by atoms with Crippen LogP contribution in [0.2, 0.25) is 5.02 Å². The zero-order chi connectivity index (χ0) is 19.4. The highest BCUT2D eigenvalue weighted by atomic mass is 35.5. The van der Waals surface area contributed by atoms with E-state index in [4.69, 9.17) is 21.1 Å². The van der Waals surface area contributed by atoms with Gasteiger partial charge in [0.1, 0.15) is 17.5 Å². The predicted octanol–water partition coefficient (Wildman–Crippen LogP) is 4.39. The molecule has 3 rings (SSSR count). The van der Waals surface area contributed by atoms with Gasteiger partial charge in [0.15, 0.2) is 0 Å². The first-order valence-corrected chi connectivity index (χ1v) is 9.47. The smallest absolute Gasteiger partial charge is 0.320 e. The number of ether oxygens (including phenoxy) is 2. The molecule has 2 aromatic rings. The fourth-order valence-corrected chi connectivity index (χ4v) is 3.90. The van der Waals surface area contributed by atoms with Crippen LogP contribution in [-0.2, 0) is 4.79 Å². The Morgan fingerprint density at radius 1 is 1.30 bits per heavy atom. The van der Waals surface area contributed by atoms with Crippen molar-refractivity contribution in [3.05, 3.63) is 58.6 Å². The van der Waals surface area contributed by atoms with Crippen LogP contribution in [0.4, 0.5) is 0 Å². The van der Waals surface area contributed by atoms with Gasteiger partial charge in [0.05, 0.1) is 19.8 Å².